The number of aliphatic hydroxyl groups is 1. The van der Waals surface area contributed by atoms with E-state index in [1.165, 1.54) is 10.7 Å². The highest BCUT2D eigenvalue weighted by Crippen LogP contribution is 2.32. The molecule has 2 aromatic rings. The van der Waals surface area contributed by atoms with Gasteiger partial charge in [0.25, 0.3) is 0 Å². The van der Waals surface area contributed by atoms with Crippen molar-refractivity contribution < 1.29 is 13.9 Å². The molecule has 0 saturated heterocycles. The molecule has 2 rings (SSSR count). The van der Waals surface area contributed by atoms with Gasteiger partial charge >= 0.3 is 0 Å². The van der Waals surface area contributed by atoms with E-state index in [9.17, 15) is 13.9 Å². The van der Waals surface area contributed by atoms with Crippen molar-refractivity contribution in [2.45, 2.75) is 13.0 Å². The molecule has 0 saturated carbocycles. The Morgan fingerprint density at radius 3 is 2.61 bits per heavy atom. The van der Waals surface area contributed by atoms with E-state index >= 15 is 0 Å². The highest BCUT2D eigenvalue weighted by atomic mass is 79.9. The fourth-order valence-electron chi connectivity index (χ4n) is 1.85. The van der Waals surface area contributed by atoms with E-state index in [1.54, 1.807) is 20.2 Å². The molecule has 0 aliphatic rings. The normalized spacial score (nSPS) is 12.8. The Balaban J connectivity index is 2.53. The molecule has 18 heavy (non-hydrogen) atoms. The molecule has 0 aliphatic heterocycles. The lowest BCUT2D eigenvalue weighted by atomic mass is 10.0. The summed E-state index contributed by atoms with van der Waals surface area (Å²) in [6.07, 6.45) is 0.536. The maximum atomic E-state index is 13.4. The predicted molar refractivity (Wildman–Crippen MR) is 66.1 cm³/mol. The summed E-state index contributed by atoms with van der Waals surface area (Å²) in [4.78, 5) is 0. The van der Waals surface area contributed by atoms with Crippen molar-refractivity contribution in [1.29, 1.82) is 0 Å². The molecule has 0 amide bonds. The number of hydrogen-bond acceptors (Lipinski definition) is 2. The lowest BCUT2D eigenvalue weighted by Gasteiger charge is -2.15. The molecule has 0 fully saturated rings. The molecule has 1 aromatic carbocycles. The van der Waals surface area contributed by atoms with Crippen molar-refractivity contribution in [3.8, 4) is 0 Å². The van der Waals surface area contributed by atoms with Crippen LogP contribution in [0.1, 0.15) is 22.9 Å². The van der Waals surface area contributed by atoms with Crippen molar-refractivity contribution >= 4 is 15.9 Å². The van der Waals surface area contributed by atoms with Crippen LogP contribution in [0.4, 0.5) is 8.78 Å². The quantitative estimate of drug-likeness (QED) is 0.865. The molecule has 0 spiro atoms. The van der Waals surface area contributed by atoms with Crippen LogP contribution in [-0.2, 0) is 7.05 Å². The minimum Gasteiger partial charge on any atom is -0.382 e. The largest absolute Gasteiger partial charge is 0.382 e. The van der Waals surface area contributed by atoms with Gasteiger partial charge in [0, 0.05) is 12.6 Å². The second-order valence-electron chi connectivity index (χ2n) is 4.00. The molecule has 1 atom stereocenters. The molecule has 1 unspecified atom stereocenters. The summed E-state index contributed by atoms with van der Waals surface area (Å²) >= 11 is 2.96. The van der Waals surface area contributed by atoms with E-state index in [2.05, 4.69) is 21.0 Å². The smallest absolute Gasteiger partial charge is 0.173 e. The van der Waals surface area contributed by atoms with Gasteiger partial charge in [0.05, 0.1) is 16.4 Å². The standard InChI is InChI=1S/C12H11BrF2N2O/c1-6-5-16-17(2)11(6)12(18)7-3-4-8(14)10(15)9(7)13/h3-5,12,18H,1-2H3. The van der Waals surface area contributed by atoms with Crippen LogP contribution in [0.25, 0.3) is 0 Å². The van der Waals surface area contributed by atoms with Crippen LogP contribution in [0.2, 0.25) is 0 Å². The topological polar surface area (TPSA) is 38.0 Å². The first-order chi connectivity index (χ1) is 8.43. The maximum absolute atomic E-state index is 13.4. The Morgan fingerprint density at radius 1 is 1.39 bits per heavy atom. The molecule has 0 aliphatic carbocycles. The summed E-state index contributed by atoms with van der Waals surface area (Å²) in [5, 5.41) is 14.3. The fourth-order valence-corrected chi connectivity index (χ4v) is 2.39. The monoisotopic (exact) mass is 316 g/mol. The molecule has 3 nitrogen and oxygen atoms in total. The van der Waals surface area contributed by atoms with Crippen LogP contribution in [-0.4, -0.2) is 14.9 Å². The third-order valence-electron chi connectivity index (χ3n) is 2.80. The summed E-state index contributed by atoms with van der Waals surface area (Å²) in [6, 6.07) is 2.34. The van der Waals surface area contributed by atoms with Crippen LogP contribution in [0.15, 0.2) is 22.8 Å². The van der Waals surface area contributed by atoms with Gasteiger partial charge < -0.3 is 5.11 Å². The van der Waals surface area contributed by atoms with Crippen LogP contribution in [0.3, 0.4) is 0 Å². The Kier molecular flexibility index (Phi) is 3.49. The van der Waals surface area contributed by atoms with Gasteiger partial charge in [-0.3, -0.25) is 4.68 Å². The summed E-state index contributed by atoms with van der Waals surface area (Å²) in [5.41, 5.74) is 1.59. The van der Waals surface area contributed by atoms with Crippen molar-refractivity contribution in [3.63, 3.8) is 0 Å². The third kappa shape index (κ3) is 2.06. The number of hydrogen-bond donors (Lipinski definition) is 1. The van der Waals surface area contributed by atoms with Gasteiger partial charge in [-0.25, -0.2) is 8.78 Å². The molecular weight excluding hydrogens is 306 g/mol. The first-order valence-electron chi connectivity index (χ1n) is 5.23. The molecule has 0 bridgehead atoms. The van der Waals surface area contributed by atoms with Crippen LogP contribution >= 0.6 is 15.9 Å². The highest BCUT2D eigenvalue weighted by molar-refractivity contribution is 9.10. The summed E-state index contributed by atoms with van der Waals surface area (Å²) in [5.74, 6) is -1.97. The summed E-state index contributed by atoms with van der Waals surface area (Å²) < 4.78 is 27.9. The minimum atomic E-state index is -1.07. The van der Waals surface area contributed by atoms with E-state index in [-0.39, 0.29) is 10.0 Å². The zero-order valence-corrected chi connectivity index (χ0v) is 11.4. The zero-order valence-electron chi connectivity index (χ0n) is 9.78. The van der Waals surface area contributed by atoms with Crippen LogP contribution in [0.5, 0.6) is 0 Å². The maximum Gasteiger partial charge on any atom is 0.173 e. The number of nitrogens with zero attached hydrogens (tertiary/aromatic N) is 2. The molecular formula is C12H11BrF2N2O. The highest BCUT2D eigenvalue weighted by Gasteiger charge is 2.22. The van der Waals surface area contributed by atoms with E-state index < -0.39 is 17.7 Å². The lowest BCUT2D eigenvalue weighted by Crippen LogP contribution is -2.09. The van der Waals surface area contributed by atoms with E-state index in [4.69, 9.17) is 0 Å². The number of aliphatic hydroxyl groups excluding tert-OH is 1. The van der Waals surface area contributed by atoms with Crippen LogP contribution < -0.4 is 0 Å². The van der Waals surface area contributed by atoms with Crippen molar-refractivity contribution in [2.24, 2.45) is 7.05 Å². The van der Waals surface area contributed by atoms with Crippen LogP contribution in [0, 0.1) is 18.6 Å². The van der Waals surface area contributed by atoms with Gasteiger partial charge in [-0.1, -0.05) is 6.07 Å². The van der Waals surface area contributed by atoms with E-state index in [0.717, 1.165) is 11.6 Å². The van der Waals surface area contributed by atoms with E-state index in [1.807, 2.05) is 0 Å². The number of benzene rings is 1. The number of rotatable bonds is 2. The molecule has 1 aromatic heterocycles. The number of halogens is 3. The van der Waals surface area contributed by atoms with Gasteiger partial charge in [0.1, 0.15) is 6.10 Å². The van der Waals surface area contributed by atoms with Crippen molar-refractivity contribution in [3.05, 3.63) is 51.3 Å². The summed E-state index contributed by atoms with van der Waals surface area (Å²) in [6.45, 7) is 1.79. The summed E-state index contributed by atoms with van der Waals surface area (Å²) in [7, 11) is 1.68. The number of aromatic nitrogens is 2. The van der Waals surface area contributed by atoms with Gasteiger partial charge in [-0.15, -0.1) is 0 Å². The first kappa shape index (κ1) is 13.2. The minimum absolute atomic E-state index is 0.0735. The SMILES string of the molecule is Cc1cnn(C)c1C(O)c1ccc(F)c(F)c1Br. The predicted octanol–water partition coefficient (Wildman–Crippen LogP) is 2.85. The van der Waals surface area contributed by atoms with Gasteiger partial charge in [-0.2, -0.15) is 5.10 Å². The van der Waals surface area contributed by atoms with Gasteiger partial charge in [0.15, 0.2) is 11.6 Å². The zero-order chi connectivity index (χ0) is 13.4. The number of aryl methyl sites for hydroxylation is 2. The Labute approximate surface area is 111 Å². The Bertz CT molecular complexity index is 579. The molecule has 6 heteroatoms. The Morgan fingerprint density at radius 2 is 2.06 bits per heavy atom. The second-order valence-corrected chi connectivity index (χ2v) is 4.80. The average Bonchev–Trinajstić information content (AvgIpc) is 2.65. The first-order valence-corrected chi connectivity index (χ1v) is 6.02. The molecule has 0 radical (unpaired) electrons. The third-order valence-corrected chi connectivity index (χ3v) is 3.60. The van der Waals surface area contributed by atoms with E-state index in [0.29, 0.717) is 5.69 Å². The molecule has 1 heterocycles. The molecule has 1 N–H and O–H groups in total. The Hall–Kier alpha value is -1.27. The fraction of sp³-hybridized carbons (Fsp3) is 0.250. The molecule has 96 valence electrons. The van der Waals surface area contributed by atoms with Gasteiger partial charge in [0.2, 0.25) is 0 Å². The van der Waals surface area contributed by atoms with Gasteiger partial charge in [-0.05, 0) is 34.5 Å². The lowest BCUT2D eigenvalue weighted by molar-refractivity contribution is 0.207. The van der Waals surface area contributed by atoms with Crippen molar-refractivity contribution in [1.82, 2.24) is 9.78 Å². The second kappa shape index (κ2) is 4.78. The average molecular weight is 317 g/mol. The van der Waals surface area contributed by atoms with Crippen molar-refractivity contribution in [2.75, 3.05) is 0 Å².